The van der Waals surface area contributed by atoms with Crippen LogP contribution in [0.1, 0.15) is 33.1 Å². The highest BCUT2D eigenvalue weighted by Crippen LogP contribution is 2.53. The van der Waals surface area contributed by atoms with Crippen LogP contribution in [0.25, 0.3) is 0 Å². The van der Waals surface area contributed by atoms with E-state index < -0.39 is 0 Å². The Morgan fingerprint density at radius 3 is 2.50 bits per heavy atom. The Morgan fingerprint density at radius 1 is 1.50 bits per heavy atom. The van der Waals surface area contributed by atoms with Crippen molar-refractivity contribution in [1.29, 1.82) is 0 Å². The van der Waals surface area contributed by atoms with Crippen LogP contribution in [-0.4, -0.2) is 5.78 Å². The molecule has 1 heteroatoms. The number of rotatable bonds is 0. The van der Waals surface area contributed by atoms with Crippen molar-refractivity contribution >= 4 is 5.78 Å². The second-order valence-electron chi connectivity index (χ2n) is 4.52. The SMILES string of the molecule is CC1(C)C[C@@H]2CC(=O)[C@H]1C2. The standard InChI is InChI=1S/C9H14O/c1-9(2)5-6-3-7(9)8(10)4-6/h6-7H,3-5H2,1-2H3/t6-,7+/m0/s1. The fourth-order valence-electron chi connectivity index (χ4n) is 2.77. The van der Waals surface area contributed by atoms with Crippen LogP contribution in [0.5, 0.6) is 0 Å². The molecule has 0 amide bonds. The number of carbonyl (C=O) groups excluding carboxylic acids is 1. The third-order valence-corrected chi connectivity index (χ3v) is 3.21. The van der Waals surface area contributed by atoms with Crippen molar-refractivity contribution in [2.75, 3.05) is 0 Å². The van der Waals surface area contributed by atoms with E-state index in [4.69, 9.17) is 0 Å². The molecule has 0 aromatic carbocycles. The predicted molar refractivity (Wildman–Crippen MR) is 39.6 cm³/mol. The Morgan fingerprint density at radius 2 is 2.20 bits per heavy atom. The Kier molecular flexibility index (Phi) is 1.04. The summed E-state index contributed by atoms with van der Waals surface area (Å²) < 4.78 is 0. The second kappa shape index (κ2) is 1.63. The van der Waals surface area contributed by atoms with Crippen molar-refractivity contribution in [3.63, 3.8) is 0 Å². The molecule has 0 aliphatic heterocycles. The molecule has 0 aromatic heterocycles. The van der Waals surface area contributed by atoms with Crippen LogP contribution in [0, 0.1) is 17.3 Å². The van der Waals surface area contributed by atoms with Gasteiger partial charge in [-0.1, -0.05) is 13.8 Å². The number of Topliss-reactive ketones (excluding diaryl/α,β-unsaturated/α-hetero) is 1. The molecular weight excluding hydrogens is 124 g/mol. The van der Waals surface area contributed by atoms with Crippen molar-refractivity contribution < 1.29 is 4.79 Å². The molecule has 2 atom stereocenters. The quantitative estimate of drug-likeness (QED) is 0.500. The van der Waals surface area contributed by atoms with Crippen LogP contribution in [0.4, 0.5) is 0 Å². The highest BCUT2D eigenvalue weighted by atomic mass is 16.1. The van der Waals surface area contributed by atoms with E-state index in [-0.39, 0.29) is 0 Å². The predicted octanol–water partition coefficient (Wildman–Crippen LogP) is 2.01. The molecule has 2 rings (SSSR count). The summed E-state index contributed by atoms with van der Waals surface area (Å²) in [7, 11) is 0. The summed E-state index contributed by atoms with van der Waals surface area (Å²) in [4.78, 5) is 11.3. The van der Waals surface area contributed by atoms with Crippen molar-refractivity contribution in [2.24, 2.45) is 17.3 Å². The minimum Gasteiger partial charge on any atom is -0.299 e. The smallest absolute Gasteiger partial charge is 0.136 e. The topological polar surface area (TPSA) is 17.1 Å². The summed E-state index contributed by atoms with van der Waals surface area (Å²) in [5, 5.41) is 0. The maximum atomic E-state index is 11.3. The highest BCUT2D eigenvalue weighted by Gasteiger charge is 2.49. The molecular formula is C9H14O. The molecule has 2 aliphatic rings. The molecule has 2 aliphatic carbocycles. The van der Waals surface area contributed by atoms with Gasteiger partial charge in [0.25, 0.3) is 0 Å². The minimum absolute atomic E-state index is 0.333. The van der Waals surface area contributed by atoms with Gasteiger partial charge < -0.3 is 0 Å². The molecule has 0 N–H and O–H groups in total. The van der Waals surface area contributed by atoms with Crippen LogP contribution >= 0.6 is 0 Å². The summed E-state index contributed by atoms with van der Waals surface area (Å²) in [6.07, 6.45) is 3.35. The lowest BCUT2D eigenvalue weighted by molar-refractivity contribution is -0.125. The minimum atomic E-state index is 0.333. The van der Waals surface area contributed by atoms with E-state index in [9.17, 15) is 4.79 Å². The average Bonchev–Trinajstić information content (AvgIpc) is 2.18. The van der Waals surface area contributed by atoms with E-state index in [2.05, 4.69) is 13.8 Å². The zero-order chi connectivity index (χ0) is 7.35. The lowest BCUT2D eigenvalue weighted by Crippen LogP contribution is -2.27. The fourth-order valence-corrected chi connectivity index (χ4v) is 2.77. The number of hydrogen-bond donors (Lipinski definition) is 0. The Balaban J connectivity index is 2.28. The number of ketones is 1. The van der Waals surface area contributed by atoms with Gasteiger partial charge in [-0.15, -0.1) is 0 Å². The number of hydrogen-bond acceptors (Lipinski definition) is 1. The molecule has 56 valence electrons. The van der Waals surface area contributed by atoms with Gasteiger partial charge in [-0.2, -0.15) is 0 Å². The van der Waals surface area contributed by atoms with Crippen LogP contribution in [-0.2, 0) is 4.79 Å². The van der Waals surface area contributed by atoms with Crippen LogP contribution in [0.3, 0.4) is 0 Å². The normalized spacial score (nSPS) is 42.8. The number of fused-ring (bicyclic) bond motifs is 2. The van der Waals surface area contributed by atoms with Crippen LogP contribution < -0.4 is 0 Å². The Labute approximate surface area is 61.8 Å². The van der Waals surface area contributed by atoms with Gasteiger partial charge in [-0.3, -0.25) is 4.79 Å². The summed E-state index contributed by atoms with van der Waals surface area (Å²) in [6, 6.07) is 0. The summed E-state index contributed by atoms with van der Waals surface area (Å²) in [5.74, 6) is 1.69. The van der Waals surface area contributed by atoms with E-state index in [1.54, 1.807) is 0 Å². The van der Waals surface area contributed by atoms with Gasteiger partial charge in [0.05, 0.1) is 0 Å². The van der Waals surface area contributed by atoms with Crippen LogP contribution in [0.2, 0.25) is 0 Å². The first-order chi connectivity index (χ1) is 4.59. The molecule has 0 aromatic rings. The lowest BCUT2D eigenvalue weighted by Gasteiger charge is -2.27. The Bertz CT molecular complexity index is 181. The molecule has 0 heterocycles. The van der Waals surface area contributed by atoms with E-state index in [0.717, 1.165) is 12.3 Å². The Hall–Kier alpha value is -0.330. The molecule has 0 unspecified atom stereocenters. The molecule has 0 spiro atoms. The molecule has 2 saturated carbocycles. The second-order valence-corrected chi connectivity index (χ2v) is 4.52. The lowest BCUT2D eigenvalue weighted by atomic mass is 9.76. The zero-order valence-electron chi connectivity index (χ0n) is 6.68. The zero-order valence-corrected chi connectivity index (χ0v) is 6.68. The molecule has 10 heavy (non-hydrogen) atoms. The molecule has 2 bridgehead atoms. The van der Waals surface area contributed by atoms with E-state index in [1.165, 1.54) is 12.8 Å². The first-order valence-electron chi connectivity index (χ1n) is 4.12. The molecule has 1 nitrogen and oxygen atoms in total. The molecule has 2 fully saturated rings. The number of carbonyl (C=O) groups is 1. The van der Waals surface area contributed by atoms with Crippen molar-refractivity contribution in [3.05, 3.63) is 0 Å². The maximum absolute atomic E-state index is 11.3. The van der Waals surface area contributed by atoms with Gasteiger partial charge in [0, 0.05) is 12.3 Å². The van der Waals surface area contributed by atoms with Gasteiger partial charge in [0.1, 0.15) is 5.78 Å². The third-order valence-electron chi connectivity index (χ3n) is 3.21. The molecule has 0 radical (unpaired) electrons. The van der Waals surface area contributed by atoms with Gasteiger partial charge in [-0.25, -0.2) is 0 Å². The average molecular weight is 138 g/mol. The largest absolute Gasteiger partial charge is 0.299 e. The van der Waals surface area contributed by atoms with E-state index in [1.807, 2.05) is 0 Å². The van der Waals surface area contributed by atoms with Crippen molar-refractivity contribution in [2.45, 2.75) is 33.1 Å². The fraction of sp³-hybridized carbons (Fsp3) is 0.889. The van der Waals surface area contributed by atoms with Crippen LogP contribution in [0.15, 0.2) is 0 Å². The van der Waals surface area contributed by atoms with E-state index in [0.29, 0.717) is 17.1 Å². The molecule has 0 saturated heterocycles. The first kappa shape index (κ1) is 6.38. The maximum Gasteiger partial charge on any atom is 0.136 e. The summed E-state index contributed by atoms with van der Waals surface area (Å²) in [5.41, 5.74) is 0.333. The van der Waals surface area contributed by atoms with E-state index >= 15 is 0 Å². The van der Waals surface area contributed by atoms with Crippen molar-refractivity contribution in [3.8, 4) is 0 Å². The first-order valence-corrected chi connectivity index (χ1v) is 4.12. The summed E-state index contributed by atoms with van der Waals surface area (Å²) in [6.45, 7) is 4.46. The third kappa shape index (κ3) is 0.664. The van der Waals surface area contributed by atoms with Crippen molar-refractivity contribution in [1.82, 2.24) is 0 Å². The van der Waals surface area contributed by atoms with Gasteiger partial charge in [-0.05, 0) is 24.2 Å². The van der Waals surface area contributed by atoms with Gasteiger partial charge >= 0.3 is 0 Å². The highest BCUT2D eigenvalue weighted by molar-refractivity contribution is 5.85. The van der Waals surface area contributed by atoms with Gasteiger partial charge in [0.2, 0.25) is 0 Å². The monoisotopic (exact) mass is 138 g/mol. The van der Waals surface area contributed by atoms with Gasteiger partial charge in [0.15, 0.2) is 0 Å². The summed E-state index contributed by atoms with van der Waals surface area (Å²) >= 11 is 0.